The molecule has 2 rings (SSSR count). The number of halogens is 3. The van der Waals surface area contributed by atoms with Gasteiger partial charge in [0, 0.05) is 57.0 Å². The number of nitrogens with zero attached hydrogens (tertiary/aromatic N) is 3. The van der Waals surface area contributed by atoms with E-state index in [0.29, 0.717) is 18.5 Å². The van der Waals surface area contributed by atoms with Crippen molar-refractivity contribution in [2.45, 2.75) is 19.8 Å². The molecule has 0 bridgehead atoms. The molecule has 0 unspecified atom stereocenters. The first-order chi connectivity index (χ1) is 14.2. The minimum Gasteiger partial charge on any atom is -0.397 e. The molecule has 30 heavy (non-hydrogen) atoms. The lowest BCUT2D eigenvalue weighted by Gasteiger charge is -2.29. The second-order valence-electron chi connectivity index (χ2n) is 6.62. The summed E-state index contributed by atoms with van der Waals surface area (Å²) in [4.78, 5) is 21.2. The number of aliphatic imine (C=N–C) groups is 2. The molecule has 1 aliphatic rings. The first-order valence-electron chi connectivity index (χ1n) is 9.19. The van der Waals surface area contributed by atoms with Crippen LogP contribution in [0.5, 0.6) is 0 Å². The number of amidine groups is 1. The topological polar surface area (TPSA) is 109 Å². The number of rotatable bonds is 6. The van der Waals surface area contributed by atoms with Crippen molar-refractivity contribution in [3.05, 3.63) is 46.5 Å². The highest BCUT2D eigenvalue weighted by Gasteiger charge is 2.23. The number of carbonyl (C=O) groups is 1. The number of carbonyl (C=O) groups excluding carboxylic acids is 1. The minimum atomic E-state index is -2.91. The van der Waals surface area contributed by atoms with Crippen molar-refractivity contribution in [2.24, 2.45) is 21.5 Å². The summed E-state index contributed by atoms with van der Waals surface area (Å²) in [6, 6.07) is 3.79. The molecule has 0 saturated heterocycles. The van der Waals surface area contributed by atoms with E-state index in [1.807, 2.05) is 0 Å². The number of hydrogen-bond acceptors (Lipinski definition) is 5. The van der Waals surface area contributed by atoms with E-state index in [-0.39, 0.29) is 35.1 Å². The second kappa shape index (κ2) is 9.95. The Labute approximate surface area is 173 Å². The standard InChI is InChI=1S/C20H25F3N6O/c1-11(30)29-7-6-16(27-3)14(10-29)20(25)28-17-5-4-12(8-15(17)21)13(9-26-2)18(24)19(22)23/h4-5,8-9,19,27H,6-7,10,24H2,1-3H3,(H2,25,28). The van der Waals surface area contributed by atoms with Gasteiger partial charge in [0.1, 0.15) is 17.3 Å². The Morgan fingerprint density at radius 1 is 1.33 bits per heavy atom. The van der Waals surface area contributed by atoms with Gasteiger partial charge in [-0.05, 0) is 17.7 Å². The Hall–Kier alpha value is -3.30. The van der Waals surface area contributed by atoms with Gasteiger partial charge >= 0.3 is 0 Å². The number of nitrogens with two attached hydrogens (primary N) is 2. The number of alkyl halides is 2. The summed E-state index contributed by atoms with van der Waals surface area (Å²) >= 11 is 0. The first kappa shape index (κ1) is 23.0. The molecule has 1 aliphatic heterocycles. The van der Waals surface area contributed by atoms with Crippen molar-refractivity contribution < 1.29 is 18.0 Å². The van der Waals surface area contributed by atoms with Crippen LogP contribution < -0.4 is 16.8 Å². The molecule has 0 atom stereocenters. The van der Waals surface area contributed by atoms with E-state index >= 15 is 0 Å². The third-order valence-corrected chi connectivity index (χ3v) is 4.71. The molecule has 0 aromatic heterocycles. The van der Waals surface area contributed by atoms with Gasteiger partial charge in [-0.25, -0.2) is 18.2 Å². The summed E-state index contributed by atoms with van der Waals surface area (Å²) < 4.78 is 40.6. The van der Waals surface area contributed by atoms with Gasteiger partial charge in [0.15, 0.2) is 0 Å². The normalized spacial score (nSPS) is 16.4. The molecule has 1 aromatic rings. The molecule has 10 heteroatoms. The monoisotopic (exact) mass is 422 g/mol. The highest BCUT2D eigenvalue weighted by molar-refractivity contribution is 6.11. The Bertz CT molecular complexity index is 936. The highest BCUT2D eigenvalue weighted by atomic mass is 19.3. The fourth-order valence-corrected chi connectivity index (χ4v) is 3.07. The zero-order chi connectivity index (χ0) is 22.4. The van der Waals surface area contributed by atoms with Crippen molar-refractivity contribution in [2.75, 3.05) is 27.2 Å². The summed E-state index contributed by atoms with van der Waals surface area (Å²) in [5.74, 6) is -0.792. The summed E-state index contributed by atoms with van der Waals surface area (Å²) in [6.45, 7) is 2.26. The van der Waals surface area contributed by atoms with Gasteiger partial charge in [0.2, 0.25) is 5.91 Å². The number of allylic oxidation sites excluding steroid dienone is 2. The zero-order valence-corrected chi connectivity index (χ0v) is 17.0. The molecule has 0 spiro atoms. The maximum atomic E-state index is 14.7. The maximum absolute atomic E-state index is 14.7. The molecule has 162 valence electrons. The van der Waals surface area contributed by atoms with Crippen molar-refractivity contribution in [3.8, 4) is 0 Å². The second-order valence-corrected chi connectivity index (χ2v) is 6.62. The summed E-state index contributed by atoms with van der Waals surface area (Å²) in [5.41, 5.74) is 12.3. The summed E-state index contributed by atoms with van der Waals surface area (Å²) in [7, 11) is 3.13. The molecule has 0 fully saturated rings. The number of benzene rings is 1. The van der Waals surface area contributed by atoms with Gasteiger partial charge in [0.05, 0.1) is 12.2 Å². The molecular formula is C20H25F3N6O. The first-order valence-corrected chi connectivity index (χ1v) is 9.19. The Balaban J connectivity index is 2.43. The zero-order valence-electron chi connectivity index (χ0n) is 17.0. The maximum Gasteiger partial charge on any atom is 0.278 e. The lowest BCUT2D eigenvalue weighted by Crippen LogP contribution is -2.40. The van der Waals surface area contributed by atoms with E-state index in [0.717, 1.165) is 18.0 Å². The third kappa shape index (κ3) is 5.19. The van der Waals surface area contributed by atoms with Crippen LogP contribution in [0.4, 0.5) is 18.9 Å². The molecular weight excluding hydrogens is 397 g/mol. The van der Waals surface area contributed by atoms with Crippen LogP contribution in [0.15, 0.2) is 45.2 Å². The largest absolute Gasteiger partial charge is 0.397 e. The molecule has 1 aromatic carbocycles. The van der Waals surface area contributed by atoms with Crippen molar-refractivity contribution >= 4 is 29.2 Å². The molecule has 1 heterocycles. The van der Waals surface area contributed by atoms with Gasteiger partial charge in [-0.15, -0.1) is 0 Å². The SMILES string of the molecule is CN=CC(=C(N)C(F)F)c1ccc(N=C(N)C2=C(NC)CCN(C(C)=O)C2)c(F)c1. The van der Waals surface area contributed by atoms with Gasteiger partial charge in [-0.1, -0.05) is 6.07 Å². The van der Waals surface area contributed by atoms with E-state index in [1.165, 1.54) is 26.1 Å². The predicted molar refractivity (Wildman–Crippen MR) is 112 cm³/mol. The van der Waals surface area contributed by atoms with E-state index in [4.69, 9.17) is 11.5 Å². The molecule has 0 aliphatic carbocycles. The molecule has 0 radical (unpaired) electrons. The van der Waals surface area contributed by atoms with Crippen LogP contribution in [0.25, 0.3) is 5.57 Å². The van der Waals surface area contributed by atoms with Crippen molar-refractivity contribution in [1.82, 2.24) is 10.2 Å². The fraction of sp³-hybridized carbons (Fsp3) is 0.350. The Kier molecular flexibility index (Phi) is 7.62. The van der Waals surface area contributed by atoms with Gasteiger partial charge in [0.25, 0.3) is 6.43 Å². The van der Waals surface area contributed by atoms with Crippen molar-refractivity contribution in [1.29, 1.82) is 0 Å². The van der Waals surface area contributed by atoms with Crippen LogP contribution in [0.3, 0.4) is 0 Å². The number of amides is 1. The van der Waals surface area contributed by atoms with Crippen LogP contribution in [0.1, 0.15) is 18.9 Å². The number of nitrogens with one attached hydrogen (secondary N) is 1. The van der Waals surface area contributed by atoms with Gasteiger partial charge in [-0.3, -0.25) is 9.79 Å². The summed E-state index contributed by atoms with van der Waals surface area (Å²) in [6.07, 6.45) is -1.19. The smallest absolute Gasteiger partial charge is 0.278 e. The summed E-state index contributed by atoms with van der Waals surface area (Å²) in [5, 5.41) is 3.04. The van der Waals surface area contributed by atoms with Crippen LogP contribution in [0, 0.1) is 5.82 Å². The van der Waals surface area contributed by atoms with E-state index in [2.05, 4.69) is 15.3 Å². The number of hydrogen-bond donors (Lipinski definition) is 3. The van der Waals surface area contributed by atoms with Gasteiger partial charge in [-0.2, -0.15) is 0 Å². The van der Waals surface area contributed by atoms with E-state index < -0.39 is 17.9 Å². The van der Waals surface area contributed by atoms with Gasteiger partial charge < -0.3 is 21.7 Å². The lowest BCUT2D eigenvalue weighted by atomic mass is 10.0. The van der Waals surface area contributed by atoms with Crippen LogP contribution in [0.2, 0.25) is 0 Å². The van der Waals surface area contributed by atoms with Crippen LogP contribution in [-0.4, -0.2) is 56.5 Å². The quantitative estimate of drug-likeness (QED) is 0.482. The van der Waals surface area contributed by atoms with Crippen LogP contribution >= 0.6 is 0 Å². The molecule has 7 nitrogen and oxygen atoms in total. The fourth-order valence-electron chi connectivity index (χ4n) is 3.07. The van der Waals surface area contributed by atoms with E-state index in [9.17, 15) is 18.0 Å². The van der Waals surface area contributed by atoms with Crippen molar-refractivity contribution in [3.63, 3.8) is 0 Å². The molecule has 1 amide bonds. The average molecular weight is 422 g/mol. The third-order valence-electron chi connectivity index (χ3n) is 4.71. The highest BCUT2D eigenvalue weighted by Crippen LogP contribution is 2.26. The Morgan fingerprint density at radius 3 is 2.57 bits per heavy atom. The van der Waals surface area contributed by atoms with Crippen LogP contribution in [-0.2, 0) is 4.79 Å². The Morgan fingerprint density at radius 2 is 2.03 bits per heavy atom. The minimum absolute atomic E-state index is 0.0648. The van der Waals surface area contributed by atoms with E-state index in [1.54, 1.807) is 11.9 Å². The lowest BCUT2D eigenvalue weighted by molar-refractivity contribution is -0.128. The predicted octanol–water partition coefficient (Wildman–Crippen LogP) is 2.18. The molecule has 5 N–H and O–H groups in total. The average Bonchev–Trinajstić information content (AvgIpc) is 2.72. The molecule has 0 saturated carbocycles.